The molecule has 1 aliphatic rings. The Morgan fingerprint density at radius 3 is 2.65 bits per heavy atom. The molecule has 20 heavy (non-hydrogen) atoms. The molecule has 1 aliphatic heterocycles. The minimum atomic E-state index is -0.573. The van der Waals surface area contributed by atoms with Crippen LogP contribution in [0.15, 0.2) is 24.3 Å². The lowest BCUT2D eigenvalue weighted by Gasteiger charge is -2.33. The molecule has 1 heterocycles. The summed E-state index contributed by atoms with van der Waals surface area (Å²) in [6.07, 6.45) is 0.240. The molecular weight excluding hydrogens is 280 g/mol. The van der Waals surface area contributed by atoms with Gasteiger partial charge in [0.05, 0.1) is 0 Å². The highest BCUT2D eigenvalue weighted by Gasteiger charge is 2.25. The second-order valence-corrected chi connectivity index (χ2v) is 5.12. The number of halogens is 1. The fraction of sp³-hybridized carbons (Fsp3) is 0.429. The molecule has 1 fully saturated rings. The summed E-state index contributed by atoms with van der Waals surface area (Å²) in [6.45, 7) is 3.94. The van der Waals surface area contributed by atoms with Gasteiger partial charge in [0, 0.05) is 31.2 Å². The van der Waals surface area contributed by atoms with Gasteiger partial charge in [-0.1, -0.05) is 17.7 Å². The molecule has 1 aromatic carbocycles. The van der Waals surface area contributed by atoms with Crippen molar-refractivity contribution in [2.45, 2.75) is 13.0 Å². The Morgan fingerprint density at radius 1 is 1.35 bits per heavy atom. The molecular formula is C14H17ClN2O3. The van der Waals surface area contributed by atoms with Crippen molar-refractivity contribution in [3.63, 3.8) is 0 Å². The first-order chi connectivity index (χ1) is 9.60. The van der Waals surface area contributed by atoms with E-state index in [4.69, 9.17) is 16.3 Å². The predicted octanol–water partition coefficient (Wildman–Crippen LogP) is 1.41. The summed E-state index contributed by atoms with van der Waals surface area (Å²) in [5.41, 5.74) is 0. The lowest BCUT2D eigenvalue weighted by molar-refractivity contribution is -0.141. The van der Waals surface area contributed by atoms with Gasteiger partial charge < -0.3 is 14.5 Å². The Bertz CT molecular complexity index is 487. The number of piperazine rings is 1. The van der Waals surface area contributed by atoms with Gasteiger partial charge in [0.15, 0.2) is 6.10 Å². The molecule has 1 aromatic rings. The van der Waals surface area contributed by atoms with Crippen molar-refractivity contribution in [1.29, 1.82) is 0 Å². The van der Waals surface area contributed by atoms with Crippen molar-refractivity contribution in [3.05, 3.63) is 29.3 Å². The number of carbonyl (C=O) groups excluding carboxylic acids is 2. The number of hydrogen-bond acceptors (Lipinski definition) is 3. The molecule has 0 N–H and O–H groups in total. The van der Waals surface area contributed by atoms with Crippen LogP contribution in [0.1, 0.15) is 6.92 Å². The van der Waals surface area contributed by atoms with Crippen LogP contribution in [0.4, 0.5) is 0 Å². The zero-order valence-electron chi connectivity index (χ0n) is 11.3. The Balaban J connectivity index is 1.90. The lowest BCUT2D eigenvalue weighted by Crippen LogP contribution is -2.51. The molecule has 5 nitrogen and oxygen atoms in total. The average Bonchev–Trinajstić information content (AvgIpc) is 2.46. The molecule has 0 aliphatic carbocycles. The number of rotatable bonds is 4. The van der Waals surface area contributed by atoms with Crippen LogP contribution in [0, 0.1) is 0 Å². The Labute approximate surface area is 123 Å². The number of carbonyl (C=O) groups is 2. The van der Waals surface area contributed by atoms with E-state index in [1.165, 1.54) is 0 Å². The van der Waals surface area contributed by atoms with E-state index in [1.807, 2.05) is 0 Å². The van der Waals surface area contributed by atoms with Crippen LogP contribution in [0.5, 0.6) is 5.75 Å². The average molecular weight is 297 g/mol. The quantitative estimate of drug-likeness (QED) is 0.789. The lowest BCUT2D eigenvalue weighted by atomic mass is 10.2. The van der Waals surface area contributed by atoms with Crippen molar-refractivity contribution < 1.29 is 14.3 Å². The van der Waals surface area contributed by atoms with E-state index in [9.17, 15) is 9.59 Å². The summed E-state index contributed by atoms with van der Waals surface area (Å²) in [7, 11) is 0. The van der Waals surface area contributed by atoms with E-state index in [1.54, 1.807) is 41.0 Å². The SMILES string of the molecule is C[C@@H](Oc1cccc(Cl)c1)C(=O)N1CCN(C=O)CC1. The molecule has 0 bridgehead atoms. The van der Waals surface area contributed by atoms with Crippen LogP contribution in [-0.4, -0.2) is 54.4 Å². The van der Waals surface area contributed by atoms with Gasteiger partial charge in [0.25, 0.3) is 5.91 Å². The van der Waals surface area contributed by atoms with E-state index >= 15 is 0 Å². The summed E-state index contributed by atoms with van der Waals surface area (Å²) in [6, 6.07) is 6.97. The summed E-state index contributed by atoms with van der Waals surface area (Å²) < 4.78 is 5.60. The first-order valence-electron chi connectivity index (χ1n) is 6.50. The molecule has 0 radical (unpaired) electrons. The second kappa shape index (κ2) is 6.61. The summed E-state index contributed by atoms with van der Waals surface area (Å²) in [4.78, 5) is 26.2. The van der Waals surface area contributed by atoms with Gasteiger partial charge >= 0.3 is 0 Å². The van der Waals surface area contributed by atoms with Crippen LogP contribution in [-0.2, 0) is 9.59 Å². The van der Waals surface area contributed by atoms with Crippen molar-refractivity contribution in [3.8, 4) is 5.75 Å². The molecule has 2 rings (SSSR count). The zero-order valence-corrected chi connectivity index (χ0v) is 12.0. The minimum absolute atomic E-state index is 0.0736. The first-order valence-corrected chi connectivity index (χ1v) is 6.88. The number of nitrogens with zero attached hydrogens (tertiary/aromatic N) is 2. The largest absolute Gasteiger partial charge is 0.481 e. The summed E-state index contributed by atoms with van der Waals surface area (Å²) in [5, 5.41) is 0.571. The van der Waals surface area contributed by atoms with Crippen LogP contribution >= 0.6 is 11.6 Å². The maximum absolute atomic E-state index is 12.2. The van der Waals surface area contributed by atoms with Crippen LogP contribution in [0.3, 0.4) is 0 Å². The Morgan fingerprint density at radius 2 is 2.05 bits per heavy atom. The molecule has 108 valence electrons. The van der Waals surface area contributed by atoms with Gasteiger partial charge in [-0.15, -0.1) is 0 Å². The highest BCUT2D eigenvalue weighted by Crippen LogP contribution is 2.19. The topological polar surface area (TPSA) is 49.9 Å². The van der Waals surface area contributed by atoms with Gasteiger partial charge in [0.1, 0.15) is 5.75 Å². The molecule has 2 amide bonds. The van der Waals surface area contributed by atoms with Crippen LogP contribution < -0.4 is 4.74 Å². The second-order valence-electron chi connectivity index (χ2n) is 4.68. The van der Waals surface area contributed by atoms with Gasteiger partial charge in [-0.2, -0.15) is 0 Å². The maximum atomic E-state index is 12.2. The zero-order chi connectivity index (χ0) is 14.5. The van der Waals surface area contributed by atoms with Crippen molar-refractivity contribution in [1.82, 2.24) is 9.80 Å². The van der Waals surface area contributed by atoms with E-state index in [0.717, 1.165) is 6.41 Å². The fourth-order valence-electron chi connectivity index (χ4n) is 2.10. The number of ether oxygens (including phenoxy) is 1. The third kappa shape index (κ3) is 3.63. The van der Waals surface area contributed by atoms with Crippen LogP contribution in [0.25, 0.3) is 0 Å². The Hall–Kier alpha value is -1.75. The van der Waals surface area contributed by atoms with E-state index in [0.29, 0.717) is 37.0 Å². The van der Waals surface area contributed by atoms with Gasteiger partial charge in [-0.3, -0.25) is 9.59 Å². The van der Waals surface area contributed by atoms with E-state index in [-0.39, 0.29) is 5.91 Å². The molecule has 0 spiro atoms. The summed E-state index contributed by atoms with van der Waals surface area (Å²) >= 11 is 5.87. The van der Waals surface area contributed by atoms with Crippen molar-refractivity contribution in [2.75, 3.05) is 26.2 Å². The predicted molar refractivity (Wildman–Crippen MR) is 75.8 cm³/mol. The molecule has 0 saturated carbocycles. The van der Waals surface area contributed by atoms with E-state index < -0.39 is 6.10 Å². The standard InChI is InChI=1S/C14H17ClN2O3/c1-11(20-13-4-2-3-12(15)9-13)14(19)17-7-5-16(10-18)6-8-17/h2-4,9-11H,5-8H2,1H3/t11-/m1/s1. The molecule has 0 unspecified atom stereocenters. The third-order valence-electron chi connectivity index (χ3n) is 3.23. The fourth-order valence-corrected chi connectivity index (χ4v) is 2.28. The Kier molecular flexibility index (Phi) is 4.84. The van der Waals surface area contributed by atoms with E-state index in [2.05, 4.69) is 0 Å². The van der Waals surface area contributed by atoms with Gasteiger partial charge in [0.2, 0.25) is 6.41 Å². The molecule has 1 atom stereocenters. The smallest absolute Gasteiger partial charge is 0.263 e. The number of hydrogen-bond donors (Lipinski definition) is 0. The first kappa shape index (κ1) is 14.7. The van der Waals surface area contributed by atoms with Crippen molar-refractivity contribution in [2.24, 2.45) is 0 Å². The molecule has 6 heteroatoms. The molecule has 1 saturated heterocycles. The highest BCUT2D eigenvalue weighted by atomic mass is 35.5. The normalized spacial score (nSPS) is 16.7. The van der Waals surface area contributed by atoms with Crippen LogP contribution in [0.2, 0.25) is 5.02 Å². The molecule has 0 aromatic heterocycles. The highest BCUT2D eigenvalue weighted by molar-refractivity contribution is 6.30. The monoisotopic (exact) mass is 296 g/mol. The minimum Gasteiger partial charge on any atom is -0.481 e. The maximum Gasteiger partial charge on any atom is 0.263 e. The van der Waals surface area contributed by atoms with Gasteiger partial charge in [-0.05, 0) is 25.1 Å². The summed E-state index contributed by atoms with van der Waals surface area (Å²) in [5.74, 6) is 0.500. The van der Waals surface area contributed by atoms with Gasteiger partial charge in [-0.25, -0.2) is 0 Å². The number of amides is 2. The third-order valence-corrected chi connectivity index (χ3v) is 3.47. The number of benzene rings is 1. The van der Waals surface area contributed by atoms with Crippen molar-refractivity contribution >= 4 is 23.9 Å².